The molecule has 114 valence electrons. The third kappa shape index (κ3) is 1.92. The monoisotopic (exact) mass is 296 g/mol. The van der Waals surface area contributed by atoms with E-state index in [1.807, 2.05) is 19.1 Å². The number of hydrogen-bond donors (Lipinski definition) is 0. The molecule has 0 saturated heterocycles. The summed E-state index contributed by atoms with van der Waals surface area (Å²) in [6.45, 7) is 2.62. The molecule has 3 heteroatoms. The summed E-state index contributed by atoms with van der Waals surface area (Å²) >= 11 is 0. The summed E-state index contributed by atoms with van der Waals surface area (Å²) in [6, 6.07) is 14.6. The van der Waals surface area contributed by atoms with Gasteiger partial charge in [-0.3, -0.25) is 0 Å². The number of fused-ring (bicyclic) bond motifs is 4. The summed E-state index contributed by atoms with van der Waals surface area (Å²) < 4.78 is 18.0. The SMILES string of the molecule is CCOc1cccc2c1OC1c3ccccc3CC1[C@@H]2OC. The highest BCUT2D eigenvalue weighted by Crippen LogP contribution is 2.54. The van der Waals surface area contributed by atoms with E-state index < -0.39 is 0 Å². The molecule has 0 aromatic heterocycles. The molecule has 0 amide bonds. The third-order valence-electron chi connectivity index (χ3n) is 4.71. The summed E-state index contributed by atoms with van der Waals surface area (Å²) in [5, 5.41) is 0. The first kappa shape index (κ1) is 13.6. The second-order valence-corrected chi connectivity index (χ2v) is 5.87. The lowest BCUT2D eigenvalue weighted by molar-refractivity contribution is -0.0214. The number of rotatable bonds is 3. The zero-order valence-corrected chi connectivity index (χ0v) is 12.9. The van der Waals surface area contributed by atoms with Crippen LogP contribution in [-0.2, 0) is 11.2 Å². The summed E-state index contributed by atoms with van der Waals surface area (Å²) in [5.41, 5.74) is 3.75. The predicted molar refractivity (Wildman–Crippen MR) is 84.4 cm³/mol. The van der Waals surface area contributed by atoms with E-state index in [-0.39, 0.29) is 12.2 Å². The molecule has 2 unspecified atom stereocenters. The largest absolute Gasteiger partial charge is 0.490 e. The molecule has 0 bridgehead atoms. The van der Waals surface area contributed by atoms with Crippen LogP contribution in [0, 0.1) is 5.92 Å². The molecule has 0 N–H and O–H groups in total. The number of hydrogen-bond acceptors (Lipinski definition) is 3. The maximum atomic E-state index is 6.39. The lowest BCUT2D eigenvalue weighted by atomic mass is 9.88. The predicted octanol–water partition coefficient (Wildman–Crippen LogP) is 4.08. The van der Waals surface area contributed by atoms with Crippen molar-refractivity contribution in [2.75, 3.05) is 13.7 Å². The van der Waals surface area contributed by atoms with Crippen LogP contribution in [0.2, 0.25) is 0 Å². The van der Waals surface area contributed by atoms with Gasteiger partial charge in [-0.15, -0.1) is 0 Å². The molecule has 1 heterocycles. The number of methoxy groups -OCH3 is 1. The van der Waals surface area contributed by atoms with Crippen LogP contribution in [0.1, 0.15) is 35.8 Å². The fourth-order valence-electron chi connectivity index (χ4n) is 3.82. The molecule has 1 aliphatic heterocycles. The van der Waals surface area contributed by atoms with Crippen LogP contribution >= 0.6 is 0 Å². The van der Waals surface area contributed by atoms with Crippen LogP contribution in [0.15, 0.2) is 42.5 Å². The number of para-hydroxylation sites is 1. The molecule has 0 saturated carbocycles. The van der Waals surface area contributed by atoms with Gasteiger partial charge in [0.25, 0.3) is 0 Å². The zero-order chi connectivity index (χ0) is 15.1. The molecule has 0 fully saturated rings. The quantitative estimate of drug-likeness (QED) is 0.854. The van der Waals surface area contributed by atoms with Gasteiger partial charge >= 0.3 is 0 Å². The Morgan fingerprint density at radius 3 is 2.73 bits per heavy atom. The average molecular weight is 296 g/mol. The van der Waals surface area contributed by atoms with Gasteiger partial charge in [0.05, 0.1) is 12.7 Å². The minimum Gasteiger partial charge on any atom is -0.490 e. The molecule has 3 atom stereocenters. The van der Waals surface area contributed by atoms with E-state index in [0.29, 0.717) is 12.5 Å². The summed E-state index contributed by atoms with van der Waals surface area (Å²) in [6.07, 6.45) is 1.09. The van der Waals surface area contributed by atoms with Crippen molar-refractivity contribution in [1.82, 2.24) is 0 Å². The highest BCUT2D eigenvalue weighted by molar-refractivity contribution is 5.51. The first-order valence-corrected chi connectivity index (χ1v) is 7.86. The lowest BCUT2D eigenvalue weighted by Crippen LogP contribution is -2.28. The van der Waals surface area contributed by atoms with Crippen LogP contribution in [0.5, 0.6) is 11.5 Å². The van der Waals surface area contributed by atoms with Crippen molar-refractivity contribution in [3.63, 3.8) is 0 Å². The van der Waals surface area contributed by atoms with E-state index >= 15 is 0 Å². The van der Waals surface area contributed by atoms with E-state index in [2.05, 4.69) is 30.3 Å². The molecule has 4 rings (SSSR count). The highest BCUT2D eigenvalue weighted by Gasteiger charge is 2.45. The molecule has 2 aliphatic rings. The van der Waals surface area contributed by atoms with E-state index in [1.54, 1.807) is 7.11 Å². The Labute approximate surface area is 130 Å². The van der Waals surface area contributed by atoms with Crippen LogP contribution in [0.25, 0.3) is 0 Å². The van der Waals surface area contributed by atoms with Gasteiger partial charge in [-0.25, -0.2) is 0 Å². The molecule has 2 aromatic carbocycles. The zero-order valence-electron chi connectivity index (χ0n) is 12.9. The van der Waals surface area contributed by atoms with E-state index in [1.165, 1.54) is 11.1 Å². The van der Waals surface area contributed by atoms with Crippen LogP contribution in [0.4, 0.5) is 0 Å². The van der Waals surface area contributed by atoms with Crippen molar-refractivity contribution in [1.29, 1.82) is 0 Å². The van der Waals surface area contributed by atoms with Crippen LogP contribution in [0.3, 0.4) is 0 Å². The maximum Gasteiger partial charge on any atom is 0.167 e. The Bertz CT molecular complexity index is 695. The van der Waals surface area contributed by atoms with Gasteiger partial charge in [0, 0.05) is 18.6 Å². The topological polar surface area (TPSA) is 27.7 Å². The molecule has 22 heavy (non-hydrogen) atoms. The van der Waals surface area contributed by atoms with Gasteiger partial charge in [-0.2, -0.15) is 0 Å². The van der Waals surface area contributed by atoms with Gasteiger partial charge in [0.2, 0.25) is 0 Å². The summed E-state index contributed by atoms with van der Waals surface area (Å²) in [7, 11) is 1.78. The molecular formula is C19H20O3. The van der Waals surface area contributed by atoms with Gasteiger partial charge < -0.3 is 14.2 Å². The van der Waals surface area contributed by atoms with E-state index in [4.69, 9.17) is 14.2 Å². The van der Waals surface area contributed by atoms with Crippen molar-refractivity contribution < 1.29 is 14.2 Å². The number of benzene rings is 2. The summed E-state index contributed by atoms with van der Waals surface area (Å²) in [5.74, 6) is 1.98. The average Bonchev–Trinajstić information content (AvgIpc) is 2.92. The van der Waals surface area contributed by atoms with Crippen LogP contribution < -0.4 is 9.47 Å². The molecular weight excluding hydrogens is 276 g/mol. The first-order valence-electron chi connectivity index (χ1n) is 7.86. The van der Waals surface area contributed by atoms with Gasteiger partial charge in [0.1, 0.15) is 6.10 Å². The Morgan fingerprint density at radius 2 is 1.91 bits per heavy atom. The van der Waals surface area contributed by atoms with E-state index in [9.17, 15) is 0 Å². The van der Waals surface area contributed by atoms with Gasteiger partial charge in [-0.1, -0.05) is 36.4 Å². The first-order chi connectivity index (χ1) is 10.8. The van der Waals surface area contributed by atoms with Gasteiger partial charge in [0.15, 0.2) is 11.5 Å². The Kier molecular flexibility index (Phi) is 3.30. The molecule has 3 nitrogen and oxygen atoms in total. The molecule has 0 radical (unpaired) electrons. The van der Waals surface area contributed by atoms with Gasteiger partial charge in [-0.05, 0) is 30.5 Å². The third-order valence-corrected chi connectivity index (χ3v) is 4.71. The Balaban J connectivity index is 1.82. The van der Waals surface area contributed by atoms with Crippen molar-refractivity contribution in [3.05, 3.63) is 59.2 Å². The highest BCUT2D eigenvalue weighted by atomic mass is 16.5. The Hall–Kier alpha value is -2.00. The Morgan fingerprint density at radius 1 is 1.09 bits per heavy atom. The van der Waals surface area contributed by atoms with Crippen molar-refractivity contribution >= 4 is 0 Å². The minimum atomic E-state index is 0.0431. The van der Waals surface area contributed by atoms with E-state index in [0.717, 1.165) is 23.5 Å². The standard InChI is InChI=1S/C19H20O3/c1-3-21-16-10-6-9-14-17(20-2)15-11-12-7-4-5-8-13(12)18(15)22-19(14)16/h4-10,15,17-18H,3,11H2,1-2H3/t15?,17-,18?/m1/s1. The van der Waals surface area contributed by atoms with Crippen molar-refractivity contribution in [2.45, 2.75) is 25.6 Å². The second-order valence-electron chi connectivity index (χ2n) is 5.87. The van der Waals surface area contributed by atoms with Crippen molar-refractivity contribution in [2.24, 2.45) is 5.92 Å². The van der Waals surface area contributed by atoms with Crippen molar-refractivity contribution in [3.8, 4) is 11.5 Å². The number of ether oxygens (including phenoxy) is 3. The molecule has 1 aliphatic carbocycles. The lowest BCUT2D eigenvalue weighted by Gasteiger charge is -2.36. The van der Waals surface area contributed by atoms with Crippen LogP contribution in [-0.4, -0.2) is 13.7 Å². The molecule has 0 spiro atoms. The fourth-order valence-corrected chi connectivity index (χ4v) is 3.82. The summed E-state index contributed by atoms with van der Waals surface area (Å²) in [4.78, 5) is 0. The normalized spacial score (nSPS) is 24.9. The fraction of sp³-hybridized carbons (Fsp3) is 0.368. The second kappa shape index (κ2) is 5.33. The maximum absolute atomic E-state index is 6.39. The molecule has 2 aromatic rings. The minimum absolute atomic E-state index is 0.0431. The smallest absolute Gasteiger partial charge is 0.167 e.